The number of aromatic nitrogens is 2. The van der Waals surface area contributed by atoms with Crippen LogP contribution in [0.1, 0.15) is 12.8 Å². The SMILES string of the molecule is O=C(Nc1ccc2ccc(Oc3ccccc3)nc2n1)C1CC1. The lowest BCUT2D eigenvalue weighted by Crippen LogP contribution is -2.14. The molecule has 4 rings (SSSR count). The maximum Gasteiger partial charge on any atom is 0.228 e. The molecule has 5 nitrogen and oxygen atoms in total. The van der Waals surface area contributed by atoms with Gasteiger partial charge in [-0.1, -0.05) is 18.2 Å². The van der Waals surface area contributed by atoms with E-state index < -0.39 is 0 Å². The molecule has 1 amide bonds. The van der Waals surface area contributed by atoms with Gasteiger partial charge in [0.1, 0.15) is 11.6 Å². The summed E-state index contributed by atoms with van der Waals surface area (Å²) in [6.45, 7) is 0. The van der Waals surface area contributed by atoms with E-state index in [1.807, 2.05) is 42.5 Å². The van der Waals surface area contributed by atoms with Crippen molar-refractivity contribution in [1.82, 2.24) is 9.97 Å². The van der Waals surface area contributed by atoms with E-state index in [0.29, 0.717) is 17.3 Å². The fourth-order valence-electron chi connectivity index (χ4n) is 2.29. The van der Waals surface area contributed by atoms with Gasteiger partial charge in [-0.05, 0) is 43.2 Å². The Morgan fingerprint density at radius 3 is 2.57 bits per heavy atom. The Kier molecular flexibility index (Phi) is 3.38. The van der Waals surface area contributed by atoms with Crippen molar-refractivity contribution < 1.29 is 9.53 Å². The number of benzene rings is 1. The predicted octanol–water partition coefficient (Wildman–Crippen LogP) is 3.77. The summed E-state index contributed by atoms with van der Waals surface area (Å²) >= 11 is 0. The highest BCUT2D eigenvalue weighted by Gasteiger charge is 2.29. The van der Waals surface area contributed by atoms with Gasteiger partial charge in [0.15, 0.2) is 5.65 Å². The van der Waals surface area contributed by atoms with E-state index in [1.165, 1.54) is 0 Å². The van der Waals surface area contributed by atoms with E-state index >= 15 is 0 Å². The quantitative estimate of drug-likeness (QED) is 0.797. The highest BCUT2D eigenvalue weighted by Crippen LogP contribution is 2.30. The molecule has 2 heterocycles. The molecule has 2 aromatic heterocycles. The van der Waals surface area contributed by atoms with Crippen LogP contribution in [0.2, 0.25) is 0 Å². The van der Waals surface area contributed by atoms with Gasteiger partial charge < -0.3 is 10.1 Å². The van der Waals surface area contributed by atoms with Crippen molar-refractivity contribution in [2.75, 3.05) is 5.32 Å². The number of hydrogen-bond donors (Lipinski definition) is 1. The fourth-order valence-corrected chi connectivity index (χ4v) is 2.29. The Morgan fingerprint density at radius 2 is 1.78 bits per heavy atom. The molecule has 1 aliphatic rings. The minimum absolute atomic E-state index is 0.0357. The summed E-state index contributed by atoms with van der Waals surface area (Å²) in [4.78, 5) is 20.6. The molecule has 0 spiro atoms. The smallest absolute Gasteiger partial charge is 0.228 e. The summed E-state index contributed by atoms with van der Waals surface area (Å²) in [6, 6.07) is 16.9. The van der Waals surface area contributed by atoms with E-state index in [1.54, 1.807) is 12.1 Å². The van der Waals surface area contributed by atoms with Gasteiger partial charge in [0.2, 0.25) is 11.8 Å². The third-order valence-corrected chi connectivity index (χ3v) is 3.69. The highest BCUT2D eigenvalue weighted by atomic mass is 16.5. The zero-order valence-corrected chi connectivity index (χ0v) is 12.4. The number of para-hydroxylation sites is 1. The predicted molar refractivity (Wildman–Crippen MR) is 87.4 cm³/mol. The minimum Gasteiger partial charge on any atom is -0.439 e. The van der Waals surface area contributed by atoms with Gasteiger partial charge in [-0.25, -0.2) is 4.98 Å². The standard InChI is InChI=1S/C18H15N3O2/c22-18(13-6-7-13)20-15-10-8-12-9-11-16(21-17(12)19-15)23-14-4-2-1-3-5-14/h1-5,8-11,13H,6-7H2,(H,19,20,21,22). The summed E-state index contributed by atoms with van der Waals surface area (Å²) < 4.78 is 5.72. The van der Waals surface area contributed by atoms with Crippen molar-refractivity contribution in [1.29, 1.82) is 0 Å². The van der Waals surface area contributed by atoms with E-state index in [0.717, 1.165) is 24.0 Å². The van der Waals surface area contributed by atoms with Gasteiger partial charge in [0.25, 0.3) is 0 Å². The van der Waals surface area contributed by atoms with Gasteiger partial charge in [-0.2, -0.15) is 4.98 Å². The summed E-state index contributed by atoms with van der Waals surface area (Å²) in [6.07, 6.45) is 1.93. The average Bonchev–Trinajstić information content (AvgIpc) is 3.40. The number of hydrogen-bond acceptors (Lipinski definition) is 4. The number of nitrogens with zero attached hydrogens (tertiary/aromatic N) is 2. The lowest BCUT2D eigenvalue weighted by Gasteiger charge is -2.07. The van der Waals surface area contributed by atoms with Crippen LogP contribution in [0.15, 0.2) is 54.6 Å². The second kappa shape index (κ2) is 5.68. The molecule has 114 valence electrons. The monoisotopic (exact) mass is 305 g/mol. The molecular formula is C18H15N3O2. The molecular weight excluding hydrogens is 290 g/mol. The van der Waals surface area contributed by atoms with Crippen molar-refractivity contribution in [3.63, 3.8) is 0 Å². The molecule has 0 radical (unpaired) electrons. The molecule has 0 saturated heterocycles. The zero-order chi connectivity index (χ0) is 15.6. The summed E-state index contributed by atoms with van der Waals surface area (Å²) in [5.74, 6) is 1.90. The fraction of sp³-hybridized carbons (Fsp3) is 0.167. The molecule has 1 saturated carbocycles. The first-order chi connectivity index (χ1) is 11.3. The van der Waals surface area contributed by atoms with Crippen LogP contribution in [0.3, 0.4) is 0 Å². The molecule has 0 unspecified atom stereocenters. The molecule has 0 atom stereocenters. The van der Waals surface area contributed by atoms with E-state index in [9.17, 15) is 4.79 Å². The summed E-state index contributed by atoms with van der Waals surface area (Å²) in [5.41, 5.74) is 0.548. The molecule has 3 aromatic rings. The van der Waals surface area contributed by atoms with Gasteiger partial charge in [0, 0.05) is 17.4 Å². The number of carbonyl (C=O) groups is 1. The van der Waals surface area contributed by atoms with Gasteiger partial charge in [-0.3, -0.25) is 4.79 Å². The van der Waals surface area contributed by atoms with Crippen molar-refractivity contribution in [2.45, 2.75) is 12.8 Å². The van der Waals surface area contributed by atoms with Crippen LogP contribution in [0.4, 0.5) is 5.82 Å². The van der Waals surface area contributed by atoms with Crippen LogP contribution in [0.5, 0.6) is 11.6 Å². The van der Waals surface area contributed by atoms with Crippen molar-refractivity contribution in [2.24, 2.45) is 5.92 Å². The Morgan fingerprint density at radius 1 is 1.00 bits per heavy atom. The van der Waals surface area contributed by atoms with Gasteiger partial charge in [-0.15, -0.1) is 0 Å². The molecule has 1 aliphatic carbocycles. The lowest BCUT2D eigenvalue weighted by molar-refractivity contribution is -0.117. The van der Waals surface area contributed by atoms with E-state index in [-0.39, 0.29) is 11.8 Å². The molecule has 0 bridgehead atoms. The highest BCUT2D eigenvalue weighted by molar-refractivity contribution is 5.94. The number of carbonyl (C=O) groups excluding carboxylic acids is 1. The Labute approximate surface area is 133 Å². The van der Waals surface area contributed by atoms with Crippen LogP contribution in [-0.2, 0) is 4.79 Å². The maximum atomic E-state index is 11.8. The number of rotatable bonds is 4. The third-order valence-electron chi connectivity index (χ3n) is 3.69. The van der Waals surface area contributed by atoms with Crippen LogP contribution in [-0.4, -0.2) is 15.9 Å². The lowest BCUT2D eigenvalue weighted by atomic mass is 10.3. The maximum absolute atomic E-state index is 11.8. The molecule has 1 N–H and O–H groups in total. The number of nitrogens with one attached hydrogen (secondary N) is 1. The van der Waals surface area contributed by atoms with Gasteiger partial charge >= 0.3 is 0 Å². The second-order valence-corrected chi connectivity index (χ2v) is 5.57. The van der Waals surface area contributed by atoms with Crippen LogP contribution in [0, 0.1) is 5.92 Å². The number of pyridine rings is 2. The first-order valence-corrected chi connectivity index (χ1v) is 7.59. The molecule has 1 aromatic carbocycles. The zero-order valence-electron chi connectivity index (χ0n) is 12.4. The van der Waals surface area contributed by atoms with Crippen LogP contribution < -0.4 is 10.1 Å². The molecule has 23 heavy (non-hydrogen) atoms. The third kappa shape index (κ3) is 3.13. The van der Waals surface area contributed by atoms with E-state index in [4.69, 9.17) is 4.74 Å². The number of ether oxygens (including phenoxy) is 1. The topological polar surface area (TPSA) is 64.1 Å². The van der Waals surface area contributed by atoms with Crippen LogP contribution >= 0.6 is 0 Å². The number of amides is 1. The molecule has 1 fully saturated rings. The van der Waals surface area contributed by atoms with Crippen molar-refractivity contribution >= 4 is 22.8 Å². The average molecular weight is 305 g/mol. The first-order valence-electron chi connectivity index (χ1n) is 7.59. The molecule has 5 heteroatoms. The largest absolute Gasteiger partial charge is 0.439 e. The normalized spacial score (nSPS) is 13.7. The number of anilines is 1. The Balaban J connectivity index is 1.59. The summed E-state index contributed by atoms with van der Waals surface area (Å²) in [5, 5.41) is 3.73. The first kappa shape index (κ1) is 13.7. The molecule has 0 aliphatic heterocycles. The van der Waals surface area contributed by atoms with Gasteiger partial charge in [0.05, 0.1) is 0 Å². The Bertz CT molecular complexity index is 861. The van der Waals surface area contributed by atoms with Crippen molar-refractivity contribution in [3.05, 3.63) is 54.6 Å². The van der Waals surface area contributed by atoms with Crippen LogP contribution in [0.25, 0.3) is 11.0 Å². The second-order valence-electron chi connectivity index (χ2n) is 5.57. The van der Waals surface area contributed by atoms with Crippen molar-refractivity contribution in [3.8, 4) is 11.6 Å². The summed E-state index contributed by atoms with van der Waals surface area (Å²) in [7, 11) is 0. The van der Waals surface area contributed by atoms with E-state index in [2.05, 4.69) is 15.3 Å². The number of fused-ring (bicyclic) bond motifs is 1. The minimum atomic E-state index is 0.0357. The Hall–Kier alpha value is -2.95.